The highest BCUT2D eigenvalue weighted by Gasteiger charge is 2.56. The summed E-state index contributed by atoms with van der Waals surface area (Å²) in [6, 6.07) is 6.80. The van der Waals surface area contributed by atoms with E-state index in [-0.39, 0.29) is 0 Å². The Hall–Kier alpha value is -0.0200. The molecule has 0 radical (unpaired) electrons. The normalized spacial score (nSPS) is 21.7. The second-order valence-corrected chi connectivity index (χ2v) is 5.20. The molecule has 0 fully saturated rings. The van der Waals surface area contributed by atoms with Crippen LogP contribution in [-0.4, -0.2) is 9.04 Å². The zero-order chi connectivity index (χ0) is 10.4. The first-order chi connectivity index (χ1) is 6.42. The van der Waals surface area contributed by atoms with E-state index in [0.717, 1.165) is 0 Å². The Balaban J connectivity index is 2.46. The Kier molecular flexibility index (Phi) is 2.43. The molecule has 1 heterocycles. The summed E-state index contributed by atoms with van der Waals surface area (Å²) in [6.45, 7) is 0. The van der Waals surface area contributed by atoms with Crippen LogP contribution in [0.3, 0.4) is 0 Å². The first-order valence-electron chi connectivity index (χ1n) is 3.65. The minimum atomic E-state index is -1.83. The molecule has 1 aromatic carbocycles. The minimum Gasteiger partial charge on any atom is -0.448 e. The van der Waals surface area contributed by atoms with Gasteiger partial charge in [0.1, 0.15) is 0 Å². The molecule has 76 valence electrons. The van der Waals surface area contributed by atoms with E-state index < -0.39 is 9.04 Å². The number of para-hydroxylation sites is 2. The number of fused-ring (bicyclic) bond motifs is 1. The van der Waals surface area contributed by atoms with Crippen molar-refractivity contribution < 1.29 is 9.47 Å². The maximum absolute atomic E-state index is 5.75. The monoisotopic (exact) mass is 272 g/mol. The predicted octanol–water partition coefficient (Wildman–Crippen LogP) is 3.72. The van der Waals surface area contributed by atoms with Gasteiger partial charge in [0.05, 0.1) is 0 Å². The van der Waals surface area contributed by atoms with Crippen LogP contribution >= 0.6 is 46.4 Å². The van der Waals surface area contributed by atoms with E-state index in [0.29, 0.717) is 11.5 Å². The first kappa shape index (κ1) is 10.5. The zero-order valence-electron chi connectivity index (χ0n) is 6.64. The average Bonchev–Trinajstić information content (AvgIpc) is 2.05. The third-order valence-electron chi connectivity index (χ3n) is 1.66. The zero-order valence-corrected chi connectivity index (χ0v) is 9.66. The van der Waals surface area contributed by atoms with Crippen molar-refractivity contribution in [3.8, 4) is 11.5 Å². The second kappa shape index (κ2) is 3.24. The number of ether oxygens (including phenoxy) is 2. The number of rotatable bonds is 0. The molecule has 1 aromatic rings. The average molecular weight is 274 g/mol. The molecule has 2 nitrogen and oxygen atoms in total. The lowest BCUT2D eigenvalue weighted by Gasteiger charge is -2.37. The summed E-state index contributed by atoms with van der Waals surface area (Å²) in [7, 11) is 0. The summed E-state index contributed by atoms with van der Waals surface area (Å²) in [5.41, 5.74) is 0. The van der Waals surface area contributed by atoms with Gasteiger partial charge in [0, 0.05) is 0 Å². The number of benzene rings is 1. The first-order valence-corrected chi connectivity index (χ1v) is 5.16. The van der Waals surface area contributed by atoms with Crippen LogP contribution in [0.1, 0.15) is 0 Å². The summed E-state index contributed by atoms with van der Waals surface area (Å²) >= 11 is 23.0. The molecule has 0 amide bonds. The van der Waals surface area contributed by atoms with Gasteiger partial charge in [-0.25, -0.2) is 0 Å². The topological polar surface area (TPSA) is 18.5 Å². The molecule has 0 aromatic heterocycles. The van der Waals surface area contributed by atoms with Gasteiger partial charge in [-0.3, -0.25) is 0 Å². The van der Waals surface area contributed by atoms with Crippen LogP contribution in [0.15, 0.2) is 24.3 Å². The van der Waals surface area contributed by atoms with E-state index in [1.807, 2.05) is 0 Å². The Morgan fingerprint density at radius 2 is 1.14 bits per heavy atom. The number of alkyl halides is 4. The molecule has 0 saturated heterocycles. The van der Waals surface area contributed by atoms with E-state index >= 15 is 0 Å². The standard InChI is InChI=1S/C8H4Cl4O2/c9-7(10)8(11,12)14-6-4-2-1-3-5(6)13-7/h1-4H. The van der Waals surface area contributed by atoms with Gasteiger partial charge in [-0.05, 0) is 12.1 Å². The fourth-order valence-electron chi connectivity index (χ4n) is 1.01. The Labute approximate surface area is 101 Å². The Morgan fingerprint density at radius 3 is 1.50 bits per heavy atom. The van der Waals surface area contributed by atoms with Crippen LogP contribution < -0.4 is 9.47 Å². The molecule has 0 aliphatic carbocycles. The van der Waals surface area contributed by atoms with E-state index in [1.165, 1.54) is 0 Å². The van der Waals surface area contributed by atoms with Crippen LogP contribution in [0.5, 0.6) is 11.5 Å². The van der Waals surface area contributed by atoms with Gasteiger partial charge in [0.15, 0.2) is 11.5 Å². The molecule has 0 unspecified atom stereocenters. The van der Waals surface area contributed by atoms with E-state index in [9.17, 15) is 0 Å². The second-order valence-electron chi connectivity index (χ2n) is 2.68. The quantitative estimate of drug-likeness (QED) is 0.671. The van der Waals surface area contributed by atoms with Crippen molar-refractivity contribution in [1.29, 1.82) is 0 Å². The fourth-order valence-corrected chi connectivity index (χ4v) is 1.50. The van der Waals surface area contributed by atoms with E-state index in [4.69, 9.17) is 55.9 Å². The SMILES string of the molecule is ClC1(Cl)Oc2ccccc2OC1(Cl)Cl. The lowest BCUT2D eigenvalue weighted by atomic mass is 10.3. The summed E-state index contributed by atoms with van der Waals surface area (Å²) in [5, 5.41) is 0. The molecule has 2 rings (SSSR count). The van der Waals surface area contributed by atoms with Gasteiger partial charge < -0.3 is 9.47 Å². The van der Waals surface area contributed by atoms with Gasteiger partial charge in [-0.2, -0.15) is 0 Å². The van der Waals surface area contributed by atoms with Crippen LogP contribution in [0, 0.1) is 0 Å². The molecular weight excluding hydrogens is 270 g/mol. The molecule has 0 spiro atoms. The highest BCUT2D eigenvalue weighted by molar-refractivity contribution is 6.61. The maximum Gasteiger partial charge on any atom is 0.329 e. The smallest absolute Gasteiger partial charge is 0.329 e. The van der Waals surface area contributed by atoms with Gasteiger partial charge >= 0.3 is 9.04 Å². The summed E-state index contributed by atoms with van der Waals surface area (Å²) in [4.78, 5) is 0. The molecule has 14 heavy (non-hydrogen) atoms. The van der Waals surface area contributed by atoms with Gasteiger partial charge in [-0.1, -0.05) is 58.5 Å². The minimum absolute atomic E-state index is 0.398. The molecule has 0 bridgehead atoms. The van der Waals surface area contributed by atoms with Crippen LogP contribution in [0.25, 0.3) is 0 Å². The molecular formula is C8H4Cl4O2. The van der Waals surface area contributed by atoms with Crippen molar-refractivity contribution in [2.75, 3.05) is 0 Å². The highest BCUT2D eigenvalue weighted by atomic mass is 35.5. The Morgan fingerprint density at radius 1 is 0.786 bits per heavy atom. The van der Waals surface area contributed by atoms with Crippen LogP contribution in [0.4, 0.5) is 0 Å². The van der Waals surface area contributed by atoms with Crippen molar-refractivity contribution in [3.63, 3.8) is 0 Å². The van der Waals surface area contributed by atoms with Crippen LogP contribution in [0.2, 0.25) is 0 Å². The van der Waals surface area contributed by atoms with E-state index in [2.05, 4.69) is 0 Å². The Bertz CT molecular complexity index is 329. The summed E-state index contributed by atoms with van der Waals surface area (Å²) < 4.78 is 6.70. The molecule has 1 aliphatic heterocycles. The molecule has 0 atom stereocenters. The van der Waals surface area contributed by atoms with Crippen molar-refractivity contribution in [2.24, 2.45) is 0 Å². The lowest BCUT2D eigenvalue weighted by molar-refractivity contribution is 0.0637. The molecule has 1 aliphatic rings. The van der Waals surface area contributed by atoms with Gasteiger partial charge in [0.25, 0.3) is 0 Å². The number of hydrogen-bond donors (Lipinski definition) is 0. The van der Waals surface area contributed by atoms with Crippen molar-refractivity contribution in [1.82, 2.24) is 0 Å². The van der Waals surface area contributed by atoms with Crippen molar-refractivity contribution in [2.45, 2.75) is 9.04 Å². The molecule has 6 heteroatoms. The van der Waals surface area contributed by atoms with Crippen molar-refractivity contribution >= 4 is 46.4 Å². The predicted molar refractivity (Wildman–Crippen MR) is 56.6 cm³/mol. The largest absolute Gasteiger partial charge is 0.448 e. The van der Waals surface area contributed by atoms with Gasteiger partial charge in [0.2, 0.25) is 0 Å². The summed E-state index contributed by atoms with van der Waals surface area (Å²) in [5.74, 6) is 0.795. The third kappa shape index (κ3) is 1.61. The maximum atomic E-state index is 5.75. The molecule has 0 saturated carbocycles. The molecule has 0 N–H and O–H groups in total. The van der Waals surface area contributed by atoms with Crippen molar-refractivity contribution in [3.05, 3.63) is 24.3 Å². The van der Waals surface area contributed by atoms with E-state index in [1.54, 1.807) is 24.3 Å². The summed E-state index contributed by atoms with van der Waals surface area (Å²) in [6.07, 6.45) is 0. The number of halogens is 4. The highest BCUT2D eigenvalue weighted by Crippen LogP contribution is 2.51. The lowest BCUT2D eigenvalue weighted by Crippen LogP contribution is -2.48. The third-order valence-corrected chi connectivity index (χ3v) is 3.42. The van der Waals surface area contributed by atoms with Crippen LogP contribution in [-0.2, 0) is 0 Å². The van der Waals surface area contributed by atoms with Gasteiger partial charge in [-0.15, -0.1) is 0 Å². The number of hydrogen-bond acceptors (Lipinski definition) is 2. The fraction of sp³-hybridized carbons (Fsp3) is 0.250.